The lowest BCUT2D eigenvalue weighted by atomic mass is 10.1. The zero-order valence-corrected chi connectivity index (χ0v) is 15.5. The van der Waals surface area contributed by atoms with Gasteiger partial charge in [-0.1, -0.05) is 24.3 Å². The van der Waals surface area contributed by atoms with Crippen LogP contribution in [0.3, 0.4) is 0 Å². The number of nitrogens with zero attached hydrogens (tertiary/aromatic N) is 4. The fourth-order valence-electron chi connectivity index (χ4n) is 3.36. The normalized spacial score (nSPS) is 18.6. The van der Waals surface area contributed by atoms with E-state index in [0.717, 1.165) is 0 Å². The Hall–Kier alpha value is -3.22. The van der Waals surface area contributed by atoms with E-state index < -0.39 is 11.5 Å². The molecule has 1 saturated heterocycles. The SMILES string of the molecule is O=C(c1ccccc1)N1CCN(C(=NC2(C(=O)O)CC2)c2ccccn2)CC1. The van der Waals surface area contributed by atoms with E-state index >= 15 is 0 Å². The van der Waals surface area contributed by atoms with Crippen molar-refractivity contribution in [3.63, 3.8) is 0 Å². The molecule has 2 fully saturated rings. The Balaban J connectivity index is 1.53. The minimum atomic E-state index is -1.02. The molecule has 1 aromatic carbocycles. The fourth-order valence-corrected chi connectivity index (χ4v) is 3.36. The molecule has 7 nitrogen and oxygen atoms in total. The monoisotopic (exact) mass is 378 g/mol. The predicted molar refractivity (Wildman–Crippen MR) is 104 cm³/mol. The number of hydrogen-bond acceptors (Lipinski definition) is 4. The molecule has 1 N–H and O–H groups in total. The summed E-state index contributed by atoms with van der Waals surface area (Å²) in [6.45, 7) is 2.28. The number of carboxylic acid groups (broad SMARTS) is 1. The third-order valence-electron chi connectivity index (χ3n) is 5.22. The van der Waals surface area contributed by atoms with Crippen molar-refractivity contribution in [2.75, 3.05) is 26.2 Å². The first-order valence-corrected chi connectivity index (χ1v) is 9.43. The van der Waals surface area contributed by atoms with Crippen LogP contribution in [0.4, 0.5) is 0 Å². The van der Waals surface area contributed by atoms with E-state index in [2.05, 4.69) is 9.98 Å². The molecule has 1 aliphatic carbocycles. The van der Waals surface area contributed by atoms with E-state index in [1.54, 1.807) is 6.20 Å². The predicted octanol–water partition coefficient (Wildman–Crippen LogP) is 1.90. The Morgan fingerprint density at radius 2 is 1.57 bits per heavy atom. The number of carbonyl (C=O) groups is 2. The smallest absolute Gasteiger partial charge is 0.331 e. The number of rotatable bonds is 4. The summed E-state index contributed by atoms with van der Waals surface area (Å²) in [6, 6.07) is 14.8. The molecule has 2 aromatic rings. The van der Waals surface area contributed by atoms with Gasteiger partial charge in [0.15, 0.2) is 11.4 Å². The van der Waals surface area contributed by atoms with Gasteiger partial charge < -0.3 is 14.9 Å². The number of benzene rings is 1. The van der Waals surface area contributed by atoms with Gasteiger partial charge in [0.25, 0.3) is 5.91 Å². The fraction of sp³-hybridized carbons (Fsp3) is 0.333. The average molecular weight is 378 g/mol. The van der Waals surface area contributed by atoms with Crippen LogP contribution in [0.5, 0.6) is 0 Å². The van der Waals surface area contributed by atoms with E-state index in [9.17, 15) is 14.7 Å². The van der Waals surface area contributed by atoms with Crippen molar-refractivity contribution in [1.29, 1.82) is 0 Å². The molecule has 7 heteroatoms. The minimum Gasteiger partial charge on any atom is -0.479 e. The summed E-state index contributed by atoms with van der Waals surface area (Å²) in [5, 5.41) is 9.54. The van der Waals surface area contributed by atoms with Crippen molar-refractivity contribution in [2.24, 2.45) is 4.99 Å². The molecular weight excluding hydrogens is 356 g/mol. The Morgan fingerprint density at radius 1 is 0.929 bits per heavy atom. The molecule has 1 amide bonds. The minimum absolute atomic E-state index is 0.0146. The van der Waals surface area contributed by atoms with Crippen LogP contribution in [0.2, 0.25) is 0 Å². The van der Waals surface area contributed by atoms with E-state index in [1.165, 1.54) is 0 Å². The van der Waals surface area contributed by atoms with Gasteiger partial charge in [-0.2, -0.15) is 0 Å². The van der Waals surface area contributed by atoms with E-state index in [0.29, 0.717) is 56.1 Å². The molecule has 2 aliphatic rings. The lowest BCUT2D eigenvalue weighted by Crippen LogP contribution is -2.51. The first-order valence-electron chi connectivity index (χ1n) is 9.43. The quantitative estimate of drug-likeness (QED) is 0.649. The first-order chi connectivity index (χ1) is 13.6. The summed E-state index contributed by atoms with van der Waals surface area (Å²) in [5.74, 6) is -0.271. The van der Waals surface area contributed by atoms with Crippen molar-refractivity contribution in [3.05, 3.63) is 66.0 Å². The Morgan fingerprint density at radius 3 is 2.14 bits per heavy atom. The molecule has 0 radical (unpaired) electrons. The lowest BCUT2D eigenvalue weighted by Gasteiger charge is -2.36. The molecule has 4 rings (SSSR count). The standard InChI is InChI=1S/C21H22N4O3/c26-19(16-6-2-1-3-7-16)25-14-12-24(13-15-25)18(17-8-4-5-11-22-17)23-21(9-10-21)20(27)28/h1-8,11H,9-10,12-15H2,(H,27,28). The molecule has 0 atom stereocenters. The number of pyridine rings is 1. The molecule has 0 unspecified atom stereocenters. The van der Waals surface area contributed by atoms with E-state index in [1.807, 2.05) is 58.3 Å². The van der Waals surface area contributed by atoms with Crippen molar-refractivity contribution in [2.45, 2.75) is 18.4 Å². The van der Waals surface area contributed by atoms with Gasteiger partial charge in [-0.25, -0.2) is 9.79 Å². The molecule has 1 aromatic heterocycles. The third-order valence-corrected chi connectivity index (χ3v) is 5.22. The Bertz CT molecular complexity index is 886. The summed E-state index contributed by atoms with van der Waals surface area (Å²) in [4.78, 5) is 37.2. The Labute approximate surface area is 163 Å². The zero-order valence-electron chi connectivity index (χ0n) is 15.5. The summed E-state index contributed by atoms with van der Waals surface area (Å²) < 4.78 is 0. The zero-order chi connectivity index (χ0) is 19.6. The number of carboxylic acids is 1. The van der Waals surface area contributed by atoms with Crippen LogP contribution in [0.15, 0.2) is 59.7 Å². The maximum absolute atomic E-state index is 12.7. The summed E-state index contributed by atoms with van der Waals surface area (Å²) >= 11 is 0. The van der Waals surface area contributed by atoms with Crippen LogP contribution in [0.25, 0.3) is 0 Å². The highest BCUT2D eigenvalue weighted by atomic mass is 16.4. The highest BCUT2D eigenvalue weighted by Gasteiger charge is 2.51. The third kappa shape index (κ3) is 3.60. The van der Waals surface area contributed by atoms with Gasteiger partial charge in [0.1, 0.15) is 5.69 Å². The summed E-state index contributed by atoms with van der Waals surface area (Å²) in [5.41, 5.74) is 0.319. The van der Waals surface area contributed by atoms with Crippen LogP contribution in [-0.2, 0) is 4.79 Å². The maximum Gasteiger partial charge on any atom is 0.331 e. The highest BCUT2D eigenvalue weighted by molar-refractivity contribution is 6.00. The van der Waals surface area contributed by atoms with Crippen LogP contribution in [0, 0.1) is 0 Å². The lowest BCUT2D eigenvalue weighted by molar-refractivity contribution is -0.139. The van der Waals surface area contributed by atoms with Crippen LogP contribution >= 0.6 is 0 Å². The second-order valence-electron chi connectivity index (χ2n) is 7.13. The largest absolute Gasteiger partial charge is 0.479 e. The number of carbonyl (C=O) groups excluding carboxylic acids is 1. The van der Waals surface area contributed by atoms with Gasteiger partial charge in [-0.15, -0.1) is 0 Å². The number of aliphatic imine (C=N–C) groups is 1. The number of aliphatic carboxylic acids is 1. The van der Waals surface area contributed by atoms with Crippen molar-refractivity contribution >= 4 is 17.7 Å². The number of piperazine rings is 1. The van der Waals surface area contributed by atoms with Gasteiger partial charge in [0, 0.05) is 37.9 Å². The van der Waals surface area contributed by atoms with Gasteiger partial charge in [-0.3, -0.25) is 9.78 Å². The van der Waals surface area contributed by atoms with Crippen LogP contribution < -0.4 is 0 Å². The van der Waals surface area contributed by atoms with E-state index in [4.69, 9.17) is 0 Å². The topological polar surface area (TPSA) is 86.1 Å². The molecule has 28 heavy (non-hydrogen) atoms. The molecule has 0 bridgehead atoms. The van der Waals surface area contributed by atoms with Gasteiger partial charge in [-0.05, 0) is 37.1 Å². The highest BCUT2D eigenvalue weighted by Crippen LogP contribution is 2.40. The molecule has 144 valence electrons. The first kappa shape index (κ1) is 18.2. The van der Waals surface area contributed by atoms with Gasteiger partial charge in [0.05, 0.1) is 0 Å². The van der Waals surface area contributed by atoms with Crippen molar-refractivity contribution in [1.82, 2.24) is 14.8 Å². The molecule has 1 aliphatic heterocycles. The summed E-state index contributed by atoms with van der Waals surface area (Å²) in [7, 11) is 0. The molecule has 1 saturated carbocycles. The van der Waals surface area contributed by atoms with Crippen molar-refractivity contribution < 1.29 is 14.7 Å². The van der Waals surface area contributed by atoms with Crippen LogP contribution in [-0.4, -0.2) is 69.3 Å². The number of amides is 1. The molecule has 0 spiro atoms. The van der Waals surface area contributed by atoms with Crippen LogP contribution in [0.1, 0.15) is 28.9 Å². The van der Waals surface area contributed by atoms with Gasteiger partial charge in [0.2, 0.25) is 0 Å². The summed E-state index contributed by atoms with van der Waals surface area (Å²) in [6.07, 6.45) is 2.77. The second kappa shape index (κ2) is 7.42. The maximum atomic E-state index is 12.7. The van der Waals surface area contributed by atoms with Crippen molar-refractivity contribution in [3.8, 4) is 0 Å². The van der Waals surface area contributed by atoms with E-state index in [-0.39, 0.29) is 5.91 Å². The number of aromatic nitrogens is 1. The number of hydrogen-bond donors (Lipinski definition) is 1. The number of amidine groups is 1. The molecule has 2 heterocycles. The second-order valence-corrected chi connectivity index (χ2v) is 7.13. The molecular formula is C21H22N4O3. The Kier molecular flexibility index (Phi) is 4.81. The average Bonchev–Trinajstić information content (AvgIpc) is 3.54. The van der Waals surface area contributed by atoms with Gasteiger partial charge >= 0.3 is 5.97 Å².